The lowest BCUT2D eigenvalue weighted by atomic mass is 9.76. The van der Waals surface area contributed by atoms with Crippen molar-refractivity contribution >= 4 is 13.3 Å². The van der Waals surface area contributed by atoms with Crippen molar-refractivity contribution in [3.63, 3.8) is 0 Å². The van der Waals surface area contributed by atoms with Crippen molar-refractivity contribution < 1.29 is 5.11 Å². The van der Waals surface area contributed by atoms with Crippen molar-refractivity contribution in [1.82, 2.24) is 4.90 Å². The lowest BCUT2D eigenvalue weighted by Crippen LogP contribution is -2.48. The lowest BCUT2D eigenvalue weighted by molar-refractivity contribution is 0.0510. The number of rotatable bonds is 2. The number of aromatic hydroxyl groups is 1. The molecular weight excluding hydrogens is 209 g/mol. The van der Waals surface area contributed by atoms with Crippen LogP contribution in [0.15, 0.2) is 18.2 Å². The maximum Gasteiger partial charge on any atom is 0.139 e. The van der Waals surface area contributed by atoms with Crippen LogP contribution >= 0.6 is 0 Å². The van der Waals surface area contributed by atoms with Crippen LogP contribution < -0.4 is 5.46 Å². The van der Waals surface area contributed by atoms with Gasteiger partial charge in [0.1, 0.15) is 13.6 Å². The minimum absolute atomic E-state index is 0.479. The second-order valence-corrected chi connectivity index (χ2v) is 5.73. The smallest absolute Gasteiger partial charge is 0.139 e. The van der Waals surface area contributed by atoms with Crippen molar-refractivity contribution in [2.45, 2.75) is 19.3 Å². The van der Waals surface area contributed by atoms with E-state index in [1.54, 1.807) is 0 Å². The van der Waals surface area contributed by atoms with Crippen molar-refractivity contribution in [2.24, 2.45) is 11.8 Å². The average molecular weight is 229 g/mol. The average Bonchev–Trinajstić information content (AvgIpc) is 2.35. The van der Waals surface area contributed by atoms with E-state index in [2.05, 4.69) is 18.8 Å². The van der Waals surface area contributed by atoms with E-state index in [0.29, 0.717) is 5.75 Å². The highest BCUT2D eigenvalue weighted by Crippen LogP contribution is 2.35. The second-order valence-electron chi connectivity index (χ2n) is 5.73. The fourth-order valence-corrected chi connectivity index (χ4v) is 3.48. The highest BCUT2D eigenvalue weighted by atomic mass is 16.3. The van der Waals surface area contributed by atoms with E-state index in [1.165, 1.54) is 37.9 Å². The second kappa shape index (κ2) is 4.38. The Kier molecular flexibility index (Phi) is 2.87. The normalized spacial score (nSPS) is 31.6. The zero-order valence-electron chi connectivity index (χ0n) is 10.5. The summed E-state index contributed by atoms with van der Waals surface area (Å²) in [6.07, 6.45) is 3.77. The van der Waals surface area contributed by atoms with Crippen LogP contribution in [0.4, 0.5) is 0 Å². The lowest BCUT2D eigenvalue weighted by Gasteiger charge is -2.45. The molecule has 4 rings (SSSR count). The molecule has 3 saturated heterocycles. The van der Waals surface area contributed by atoms with Crippen molar-refractivity contribution in [3.8, 4) is 5.75 Å². The number of benzene rings is 1. The van der Waals surface area contributed by atoms with Crippen LogP contribution in [0.1, 0.15) is 18.4 Å². The molecule has 3 aliphatic heterocycles. The van der Waals surface area contributed by atoms with Crippen LogP contribution in [-0.4, -0.2) is 37.5 Å². The van der Waals surface area contributed by atoms with Gasteiger partial charge in [0.2, 0.25) is 0 Å². The summed E-state index contributed by atoms with van der Waals surface area (Å²) in [6.45, 7) is 3.82. The molecule has 3 heterocycles. The van der Waals surface area contributed by atoms with Crippen LogP contribution in [0.2, 0.25) is 0 Å². The van der Waals surface area contributed by atoms with Gasteiger partial charge in [-0.15, -0.1) is 0 Å². The van der Waals surface area contributed by atoms with E-state index in [-0.39, 0.29) is 0 Å². The molecule has 1 aromatic rings. The third kappa shape index (κ3) is 2.21. The van der Waals surface area contributed by atoms with E-state index < -0.39 is 0 Å². The van der Waals surface area contributed by atoms with Gasteiger partial charge in [-0.05, 0) is 55.8 Å². The third-order valence-corrected chi connectivity index (χ3v) is 4.51. The Balaban J connectivity index is 1.76. The molecule has 0 radical (unpaired) electrons. The number of nitrogens with zero attached hydrogens (tertiary/aromatic N) is 1. The fraction of sp³-hybridized carbons (Fsp3) is 0.571. The van der Waals surface area contributed by atoms with E-state index in [0.717, 1.165) is 23.8 Å². The van der Waals surface area contributed by atoms with Crippen molar-refractivity contribution in [2.75, 3.05) is 19.6 Å². The SMILES string of the molecule is Bc1ccc(O)c(C[C@@H]2CN3CCC2CC3)c1. The van der Waals surface area contributed by atoms with Gasteiger partial charge in [0.15, 0.2) is 0 Å². The van der Waals surface area contributed by atoms with Gasteiger partial charge in [0, 0.05) is 6.54 Å². The number of fused-ring (bicyclic) bond motifs is 3. The first kappa shape index (κ1) is 11.2. The van der Waals surface area contributed by atoms with Gasteiger partial charge in [-0.3, -0.25) is 0 Å². The standard InChI is InChI=1S/C14H20BNO/c15-13-1-2-14(17)11(8-13)7-12-9-16-5-3-10(12)4-6-16/h1-2,8,10,12,17H,3-7,9,15H2/t12-/m1/s1. The van der Waals surface area contributed by atoms with E-state index in [1.807, 2.05) is 12.1 Å². The maximum absolute atomic E-state index is 9.92. The first-order valence-corrected chi connectivity index (χ1v) is 6.73. The van der Waals surface area contributed by atoms with Crippen LogP contribution in [-0.2, 0) is 6.42 Å². The molecule has 1 atom stereocenters. The molecule has 1 N–H and O–H groups in total. The summed E-state index contributed by atoms with van der Waals surface area (Å²) in [5.74, 6) is 2.12. The maximum atomic E-state index is 9.92. The molecule has 1 aromatic carbocycles. The molecule has 2 nitrogen and oxygen atoms in total. The molecule has 17 heavy (non-hydrogen) atoms. The van der Waals surface area contributed by atoms with Crippen LogP contribution in [0, 0.1) is 11.8 Å². The monoisotopic (exact) mass is 229 g/mol. The minimum atomic E-state index is 0.479. The Morgan fingerprint density at radius 1 is 1.29 bits per heavy atom. The molecule has 0 unspecified atom stereocenters. The van der Waals surface area contributed by atoms with Gasteiger partial charge in [-0.25, -0.2) is 0 Å². The van der Waals surface area contributed by atoms with E-state index in [9.17, 15) is 5.11 Å². The molecular formula is C14H20BNO. The first-order chi connectivity index (χ1) is 8.22. The molecule has 2 bridgehead atoms. The molecule has 0 spiro atoms. The van der Waals surface area contributed by atoms with Crippen molar-refractivity contribution in [3.05, 3.63) is 23.8 Å². The Labute approximate surface area is 104 Å². The van der Waals surface area contributed by atoms with Crippen LogP contribution in [0.5, 0.6) is 5.75 Å². The third-order valence-electron chi connectivity index (χ3n) is 4.51. The summed E-state index contributed by atoms with van der Waals surface area (Å²) in [5.41, 5.74) is 2.39. The van der Waals surface area contributed by atoms with Crippen LogP contribution in [0.3, 0.4) is 0 Å². The summed E-state index contributed by atoms with van der Waals surface area (Å²) in [5, 5.41) is 9.92. The molecule has 90 valence electrons. The summed E-state index contributed by atoms with van der Waals surface area (Å²) >= 11 is 0. The summed E-state index contributed by atoms with van der Waals surface area (Å²) in [7, 11) is 2.10. The molecule has 0 aliphatic carbocycles. The summed E-state index contributed by atoms with van der Waals surface area (Å²) in [6, 6.07) is 5.97. The largest absolute Gasteiger partial charge is 0.508 e. The number of phenols is 1. The Bertz CT molecular complexity index is 413. The van der Waals surface area contributed by atoms with Gasteiger partial charge in [-0.2, -0.15) is 0 Å². The molecule has 3 aliphatic rings. The van der Waals surface area contributed by atoms with Crippen molar-refractivity contribution in [1.29, 1.82) is 0 Å². The Morgan fingerprint density at radius 2 is 2.06 bits per heavy atom. The number of hydrogen-bond acceptors (Lipinski definition) is 2. The van der Waals surface area contributed by atoms with E-state index >= 15 is 0 Å². The topological polar surface area (TPSA) is 23.5 Å². The van der Waals surface area contributed by atoms with Crippen LogP contribution in [0.25, 0.3) is 0 Å². The summed E-state index contributed by atoms with van der Waals surface area (Å²) < 4.78 is 0. The molecule has 0 aromatic heterocycles. The van der Waals surface area contributed by atoms with E-state index in [4.69, 9.17) is 0 Å². The van der Waals surface area contributed by atoms with Gasteiger partial charge < -0.3 is 10.0 Å². The molecule has 3 heteroatoms. The highest BCUT2D eigenvalue weighted by molar-refractivity contribution is 6.32. The highest BCUT2D eigenvalue weighted by Gasteiger charge is 2.34. The molecule has 3 fully saturated rings. The van der Waals surface area contributed by atoms with Gasteiger partial charge in [0.05, 0.1) is 0 Å². The molecule has 0 amide bonds. The van der Waals surface area contributed by atoms with Gasteiger partial charge in [0.25, 0.3) is 0 Å². The quantitative estimate of drug-likeness (QED) is 0.748. The minimum Gasteiger partial charge on any atom is -0.508 e. The Hall–Kier alpha value is -0.955. The van der Waals surface area contributed by atoms with Gasteiger partial charge in [-0.1, -0.05) is 17.6 Å². The zero-order valence-corrected chi connectivity index (χ0v) is 10.5. The molecule has 0 saturated carbocycles. The summed E-state index contributed by atoms with van der Waals surface area (Å²) in [4.78, 5) is 2.58. The number of piperidine rings is 3. The fourth-order valence-electron chi connectivity index (χ4n) is 3.48. The predicted molar refractivity (Wildman–Crippen MR) is 72.6 cm³/mol. The van der Waals surface area contributed by atoms with Gasteiger partial charge >= 0.3 is 0 Å². The zero-order chi connectivity index (χ0) is 11.8. The number of phenolic OH excluding ortho intramolecular Hbond substituents is 1. The predicted octanol–water partition coefficient (Wildman–Crippen LogP) is 0.535. The Morgan fingerprint density at radius 3 is 2.71 bits per heavy atom. The first-order valence-electron chi connectivity index (χ1n) is 6.73. The number of hydrogen-bond donors (Lipinski definition) is 1.